The first-order valence-corrected chi connectivity index (χ1v) is 6.48. The predicted octanol–water partition coefficient (Wildman–Crippen LogP) is 1.57. The Hall–Kier alpha value is -1.69. The molecule has 0 saturated carbocycles. The van der Waals surface area contributed by atoms with E-state index in [-0.39, 0.29) is 11.3 Å². The topological polar surface area (TPSA) is 75.5 Å². The van der Waals surface area contributed by atoms with Crippen LogP contribution in [0.4, 0.5) is 5.82 Å². The number of anilines is 1. The average molecular weight is 265 g/mol. The minimum Gasteiger partial charge on any atom is -0.476 e. The molecular formula is C13H19N3O3. The van der Waals surface area contributed by atoms with Crippen LogP contribution < -0.4 is 4.90 Å². The van der Waals surface area contributed by atoms with Gasteiger partial charge in [-0.05, 0) is 26.7 Å². The van der Waals surface area contributed by atoms with Crippen LogP contribution in [0.1, 0.15) is 37.2 Å². The molecule has 0 aliphatic carbocycles. The van der Waals surface area contributed by atoms with Crippen molar-refractivity contribution in [3.05, 3.63) is 18.1 Å². The first-order valence-electron chi connectivity index (χ1n) is 6.48. The SMILES string of the molecule is CCOC1(C)CCN(c2cnc(C(=O)O)cn2)CC1. The summed E-state index contributed by atoms with van der Waals surface area (Å²) in [5.41, 5.74) is -0.0837. The van der Waals surface area contributed by atoms with E-state index in [0.717, 1.165) is 38.4 Å². The minimum atomic E-state index is -1.05. The smallest absolute Gasteiger partial charge is 0.356 e. The number of nitrogens with zero attached hydrogens (tertiary/aromatic N) is 3. The van der Waals surface area contributed by atoms with Gasteiger partial charge in [0.25, 0.3) is 0 Å². The zero-order chi connectivity index (χ0) is 13.9. The van der Waals surface area contributed by atoms with Gasteiger partial charge in [-0.1, -0.05) is 0 Å². The largest absolute Gasteiger partial charge is 0.476 e. The Morgan fingerprint density at radius 3 is 2.58 bits per heavy atom. The summed E-state index contributed by atoms with van der Waals surface area (Å²) in [5.74, 6) is -0.329. The van der Waals surface area contributed by atoms with Crippen molar-refractivity contribution < 1.29 is 14.6 Å². The molecule has 0 radical (unpaired) electrons. The van der Waals surface area contributed by atoms with E-state index in [0.29, 0.717) is 0 Å². The molecule has 0 bridgehead atoms. The van der Waals surface area contributed by atoms with Gasteiger partial charge < -0.3 is 14.7 Å². The molecule has 1 fully saturated rings. The summed E-state index contributed by atoms with van der Waals surface area (Å²) >= 11 is 0. The van der Waals surface area contributed by atoms with Crippen LogP contribution in [0.3, 0.4) is 0 Å². The van der Waals surface area contributed by atoms with Gasteiger partial charge in [-0.15, -0.1) is 0 Å². The third kappa shape index (κ3) is 3.20. The molecule has 6 nitrogen and oxygen atoms in total. The Kier molecular flexibility index (Phi) is 3.99. The van der Waals surface area contributed by atoms with Crippen molar-refractivity contribution in [3.63, 3.8) is 0 Å². The van der Waals surface area contributed by atoms with Crippen LogP contribution in [0.25, 0.3) is 0 Å². The van der Waals surface area contributed by atoms with Crippen LogP contribution in [0.5, 0.6) is 0 Å². The first kappa shape index (κ1) is 13.7. The third-order valence-electron chi connectivity index (χ3n) is 3.50. The van der Waals surface area contributed by atoms with Crippen molar-refractivity contribution in [2.45, 2.75) is 32.3 Å². The lowest BCUT2D eigenvalue weighted by molar-refractivity contribution is -0.0414. The van der Waals surface area contributed by atoms with E-state index < -0.39 is 5.97 Å². The van der Waals surface area contributed by atoms with Crippen molar-refractivity contribution in [2.75, 3.05) is 24.6 Å². The molecule has 1 aromatic heterocycles. The monoisotopic (exact) mass is 265 g/mol. The number of hydrogen-bond acceptors (Lipinski definition) is 5. The predicted molar refractivity (Wildman–Crippen MR) is 70.5 cm³/mol. The van der Waals surface area contributed by atoms with E-state index in [2.05, 4.69) is 21.8 Å². The molecule has 0 aromatic carbocycles. The van der Waals surface area contributed by atoms with Gasteiger partial charge in [-0.2, -0.15) is 0 Å². The number of rotatable bonds is 4. The lowest BCUT2D eigenvalue weighted by atomic mass is 9.93. The lowest BCUT2D eigenvalue weighted by Gasteiger charge is -2.39. The Morgan fingerprint density at radius 2 is 2.11 bits per heavy atom. The Morgan fingerprint density at radius 1 is 1.42 bits per heavy atom. The van der Waals surface area contributed by atoms with Gasteiger partial charge in [0.1, 0.15) is 5.82 Å². The zero-order valence-corrected chi connectivity index (χ0v) is 11.3. The standard InChI is InChI=1S/C13H19N3O3/c1-3-19-13(2)4-6-16(7-5-13)11-9-14-10(8-15-11)12(17)18/h8-9H,3-7H2,1-2H3,(H,17,18). The number of aromatic nitrogens is 2. The molecule has 0 atom stereocenters. The van der Waals surface area contributed by atoms with E-state index in [9.17, 15) is 4.79 Å². The second kappa shape index (κ2) is 5.52. The molecule has 19 heavy (non-hydrogen) atoms. The third-order valence-corrected chi connectivity index (χ3v) is 3.50. The highest BCUT2D eigenvalue weighted by molar-refractivity contribution is 5.84. The Labute approximate surface area is 112 Å². The highest BCUT2D eigenvalue weighted by Gasteiger charge is 2.30. The maximum atomic E-state index is 10.7. The van der Waals surface area contributed by atoms with Gasteiger partial charge in [0.05, 0.1) is 18.0 Å². The molecule has 6 heteroatoms. The highest BCUT2D eigenvalue weighted by Crippen LogP contribution is 2.27. The molecule has 0 amide bonds. The van der Waals surface area contributed by atoms with Crippen LogP contribution in [0, 0.1) is 0 Å². The molecule has 1 N–H and O–H groups in total. The maximum absolute atomic E-state index is 10.7. The van der Waals surface area contributed by atoms with Crippen molar-refractivity contribution >= 4 is 11.8 Å². The summed E-state index contributed by atoms with van der Waals surface area (Å²) in [5, 5.41) is 8.78. The van der Waals surface area contributed by atoms with Crippen LogP contribution in [0.2, 0.25) is 0 Å². The molecule has 104 valence electrons. The van der Waals surface area contributed by atoms with Crippen molar-refractivity contribution in [1.82, 2.24) is 9.97 Å². The summed E-state index contributed by atoms with van der Waals surface area (Å²) in [4.78, 5) is 20.9. The fourth-order valence-electron chi connectivity index (χ4n) is 2.30. The normalized spacial score (nSPS) is 18.3. The van der Waals surface area contributed by atoms with Gasteiger partial charge in [0, 0.05) is 19.7 Å². The quantitative estimate of drug-likeness (QED) is 0.890. The number of piperidine rings is 1. The fraction of sp³-hybridized carbons (Fsp3) is 0.615. The number of carboxylic acid groups (broad SMARTS) is 1. The summed E-state index contributed by atoms with van der Waals surface area (Å²) in [7, 11) is 0. The molecule has 1 aliphatic heterocycles. The van der Waals surface area contributed by atoms with E-state index in [4.69, 9.17) is 9.84 Å². The van der Waals surface area contributed by atoms with Gasteiger partial charge in [0.2, 0.25) is 0 Å². The number of hydrogen-bond donors (Lipinski definition) is 1. The lowest BCUT2D eigenvalue weighted by Crippen LogP contribution is -2.44. The number of aromatic carboxylic acids is 1. The zero-order valence-electron chi connectivity index (χ0n) is 11.3. The van der Waals surface area contributed by atoms with Crippen LogP contribution in [0.15, 0.2) is 12.4 Å². The molecule has 1 aliphatic rings. The molecule has 2 rings (SSSR count). The van der Waals surface area contributed by atoms with E-state index >= 15 is 0 Å². The first-order chi connectivity index (χ1) is 9.04. The van der Waals surface area contributed by atoms with Crippen LogP contribution in [-0.2, 0) is 4.74 Å². The van der Waals surface area contributed by atoms with Crippen molar-refractivity contribution in [2.24, 2.45) is 0 Å². The molecular weight excluding hydrogens is 246 g/mol. The Bertz CT molecular complexity index is 439. The summed E-state index contributed by atoms with van der Waals surface area (Å²) in [6.45, 7) is 6.56. The van der Waals surface area contributed by atoms with Crippen molar-refractivity contribution in [3.8, 4) is 0 Å². The van der Waals surface area contributed by atoms with Gasteiger partial charge >= 0.3 is 5.97 Å². The van der Waals surface area contributed by atoms with Crippen LogP contribution >= 0.6 is 0 Å². The molecule has 1 aromatic rings. The van der Waals surface area contributed by atoms with E-state index in [1.807, 2.05) is 6.92 Å². The average Bonchev–Trinajstić information content (AvgIpc) is 2.40. The fourth-order valence-corrected chi connectivity index (χ4v) is 2.30. The Balaban J connectivity index is 1.99. The van der Waals surface area contributed by atoms with Crippen molar-refractivity contribution in [1.29, 1.82) is 0 Å². The number of carbonyl (C=O) groups is 1. The maximum Gasteiger partial charge on any atom is 0.356 e. The number of carboxylic acids is 1. The summed E-state index contributed by atoms with van der Waals surface area (Å²) in [6.07, 6.45) is 4.69. The second-order valence-corrected chi connectivity index (χ2v) is 4.93. The van der Waals surface area contributed by atoms with Gasteiger partial charge in [-0.3, -0.25) is 0 Å². The van der Waals surface area contributed by atoms with E-state index in [1.165, 1.54) is 12.4 Å². The molecule has 2 heterocycles. The van der Waals surface area contributed by atoms with E-state index in [1.54, 1.807) is 0 Å². The number of ether oxygens (including phenoxy) is 1. The minimum absolute atomic E-state index is 0.0279. The van der Waals surface area contributed by atoms with Gasteiger partial charge in [-0.25, -0.2) is 14.8 Å². The molecule has 1 saturated heterocycles. The van der Waals surface area contributed by atoms with Crippen LogP contribution in [-0.4, -0.2) is 46.3 Å². The second-order valence-electron chi connectivity index (χ2n) is 4.93. The summed E-state index contributed by atoms with van der Waals surface area (Å²) in [6, 6.07) is 0. The molecule has 0 spiro atoms. The van der Waals surface area contributed by atoms with Gasteiger partial charge in [0.15, 0.2) is 5.69 Å². The summed E-state index contributed by atoms with van der Waals surface area (Å²) < 4.78 is 5.76. The molecule has 0 unspecified atom stereocenters. The highest BCUT2D eigenvalue weighted by atomic mass is 16.5.